The number of benzene rings is 2. The second-order valence-corrected chi connectivity index (χ2v) is 5.16. The Bertz CT molecular complexity index is 704. The van der Waals surface area contributed by atoms with E-state index >= 15 is 0 Å². The fraction of sp³-hybridized carbons (Fsp3) is 0.278. The number of halogens is 1. The van der Waals surface area contributed by atoms with Crippen LogP contribution in [0.1, 0.15) is 11.1 Å². The Morgan fingerprint density at radius 3 is 2.58 bits per heavy atom. The van der Waals surface area contributed by atoms with Crippen LogP contribution in [0.15, 0.2) is 47.5 Å². The van der Waals surface area contributed by atoms with E-state index in [2.05, 4.69) is 10.3 Å². The Morgan fingerprint density at radius 2 is 1.88 bits per heavy atom. The van der Waals surface area contributed by atoms with Crippen molar-refractivity contribution >= 4 is 5.96 Å². The van der Waals surface area contributed by atoms with Crippen molar-refractivity contribution in [3.8, 4) is 11.5 Å². The van der Waals surface area contributed by atoms with Gasteiger partial charge in [-0.1, -0.05) is 24.3 Å². The summed E-state index contributed by atoms with van der Waals surface area (Å²) in [5.41, 5.74) is 7.41. The first-order valence-corrected chi connectivity index (χ1v) is 7.62. The lowest BCUT2D eigenvalue weighted by Gasteiger charge is -2.10. The third-order valence-corrected chi connectivity index (χ3v) is 3.55. The second kappa shape index (κ2) is 8.76. The summed E-state index contributed by atoms with van der Waals surface area (Å²) in [6.07, 6.45) is 0.746. The molecule has 2 aromatic carbocycles. The number of aliphatic imine (C=N–C) groups is 1. The molecule has 0 atom stereocenters. The van der Waals surface area contributed by atoms with Crippen molar-refractivity contribution < 1.29 is 13.9 Å². The molecule has 24 heavy (non-hydrogen) atoms. The number of guanidine groups is 1. The standard InChI is InChI=1S/C18H22FN3O2/c1-23-16-8-7-13(11-17(16)24-2)9-10-21-18(20)22-12-14-5-3-4-6-15(14)19/h3-8,11H,9-10,12H2,1-2H3,(H3,20,21,22). The Morgan fingerprint density at radius 1 is 1.12 bits per heavy atom. The van der Waals surface area contributed by atoms with E-state index in [1.807, 2.05) is 18.2 Å². The van der Waals surface area contributed by atoms with Gasteiger partial charge in [-0.05, 0) is 30.2 Å². The third kappa shape index (κ3) is 4.87. The summed E-state index contributed by atoms with van der Waals surface area (Å²) in [7, 11) is 3.21. The van der Waals surface area contributed by atoms with Gasteiger partial charge >= 0.3 is 0 Å². The number of hydrogen-bond donors (Lipinski definition) is 2. The minimum absolute atomic E-state index is 0.210. The normalized spacial score (nSPS) is 11.2. The predicted octanol–water partition coefficient (Wildman–Crippen LogP) is 2.49. The average molecular weight is 331 g/mol. The zero-order valence-electron chi connectivity index (χ0n) is 13.9. The molecule has 5 nitrogen and oxygen atoms in total. The van der Waals surface area contributed by atoms with Crippen molar-refractivity contribution in [3.05, 3.63) is 59.4 Å². The van der Waals surface area contributed by atoms with Crippen LogP contribution < -0.4 is 20.5 Å². The topological polar surface area (TPSA) is 68.9 Å². The van der Waals surface area contributed by atoms with E-state index in [-0.39, 0.29) is 12.4 Å². The maximum Gasteiger partial charge on any atom is 0.188 e. The summed E-state index contributed by atoms with van der Waals surface area (Å²) in [5, 5.41) is 3.02. The van der Waals surface area contributed by atoms with Crippen LogP contribution in [-0.2, 0) is 13.0 Å². The van der Waals surface area contributed by atoms with Crippen LogP contribution in [0.25, 0.3) is 0 Å². The van der Waals surface area contributed by atoms with E-state index in [1.165, 1.54) is 6.07 Å². The van der Waals surface area contributed by atoms with Crippen LogP contribution in [0, 0.1) is 5.82 Å². The van der Waals surface area contributed by atoms with E-state index in [4.69, 9.17) is 15.2 Å². The molecule has 128 valence electrons. The van der Waals surface area contributed by atoms with E-state index in [1.54, 1.807) is 32.4 Å². The first-order chi connectivity index (χ1) is 11.6. The highest BCUT2D eigenvalue weighted by Gasteiger charge is 2.04. The molecule has 0 radical (unpaired) electrons. The first-order valence-electron chi connectivity index (χ1n) is 7.62. The summed E-state index contributed by atoms with van der Waals surface area (Å²) < 4.78 is 24.0. The summed E-state index contributed by atoms with van der Waals surface area (Å²) in [4.78, 5) is 4.15. The van der Waals surface area contributed by atoms with Gasteiger partial charge in [-0.3, -0.25) is 0 Å². The number of nitrogens with two attached hydrogens (primary N) is 1. The van der Waals surface area contributed by atoms with Crippen LogP contribution in [0.2, 0.25) is 0 Å². The zero-order chi connectivity index (χ0) is 17.4. The fourth-order valence-corrected chi connectivity index (χ4v) is 2.22. The first kappa shape index (κ1) is 17.6. The number of methoxy groups -OCH3 is 2. The van der Waals surface area contributed by atoms with Gasteiger partial charge in [-0.15, -0.1) is 0 Å². The fourth-order valence-electron chi connectivity index (χ4n) is 2.22. The molecule has 0 saturated heterocycles. The van der Waals surface area contributed by atoms with Crippen LogP contribution in [0.5, 0.6) is 11.5 Å². The van der Waals surface area contributed by atoms with Crippen LogP contribution in [0.4, 0.5) is 4.39 Å². The third-order valence-electron chi connectivity index (χ3n) is 3.55. The molecule has 0 aliphatic carbocycles. The molecular formula is C18H22FN3O2. The highest BCUT2D eigenvalue weighted by atomic mass is 19.1. The van der Waals surface area contributed by atoms with Crippen molar-refractivity contribution in [3.63, 3.8) is 0 Å². The average Bonchev–Trinajstić information content (AvgIpc) is 2.61. The summed E-state index contributed by atoms with van der Waals surface area (Å²) >= 11 is 0. The largest absolute Gasteiger partial charge is 0.493 e. The molecule has 0 saturated carbocycles. The molecule has 0 bridgehead atoms. The van der Waals surface area contributed by atoms with Gasteiger partial charge in [0, 0.05) is 12.1 Å². The van der Waals surface area contributed by atoms with Crippen molar-refractivity contribution in [2.24, 2.45) is 10.7 Å². The van der Waals surface area contributed by atoms with Crippen LogP contribution in [-0.4, -0.2) is 26.7 Å². The highest BCUT2D eigenvalue weighted by molar-refractivity contribution is 5.77. The van der Waals surface area contributed by atoms with Crippen molar-refractivity contribution in [1.82, 2.24) is 5.32 Å². The molecule has 0 aromatic heterocycles. The summed E-state index contributed by atoms with van der Waals surface area (Å²) in [6.45, 7) is 0.823. The van der Waals surface area contributed by atoms with Gasteiger partial charge in [-0.2, -0.15) is 0 Å². The number of hydrogen-bond acceptors (Lipinski definition) is 3. The summed E-state index contributed by atoms with van der Waals surface area (Å²) in [5.74, 6) is 1.40. The van der Waals surface area contributed by atoms with E-state index < -0.39 is 0 Å². The molecular weight excluding hydrogens is 309 g/mol. The SMILES string of the molecule is COc1ccc(CCNC(N)=NCc2ccccc2F)cc1OC. The molecule has 0 amide bonds. The second-order valence-electron chi connectivity index (χ2n) is 5.16. The Hall–Kier alpha value is -2.76. The molecule has 2 rings (SSSR count). The van der Waals surface area contributed by atoms with Gasteiger partial charge in [0.25, 0.3) is 0 Å². The predicted molar refractivity (Wildman–Crippen MR) is 93.0 cm³/mol. The van der Waals surface area contributed by atoms with Gasteiger partial charge in [0.15, 0.2) is 17.5 Å². The molecule has 0 heterocycles. The number of nitrogens with zero attached hydrogens (tertiary/aromatic N) is 1. The Labute approximate surface area is 141 Å². The van der Waals surface area contributed by atoms with Gasteiger partial charge in [0.1, 0.15) is 5.82 Å². The minimum atomic E-state index is -0.278. The lowest BCUT2D eigenvalue weighted by molar-refractivity contribution is 0.354. The van der Waals surface area contributed by atoms with Gasteiger partial charge in [-0.25, -0.2) is 9.38 Å². The summed E-state index contributed by atoms with van der Waals surface area (Å²) in [6, 6.07) is 12.3. The molecule has 0 aliphatic rings. The number of rotatable bonds is 7. The molecule has 3 N–H and O–H groups in total. The smallest absolute Gasteiger partial charge is 0.188 e. The zero-order valence-corrected chi connectivity index (χ0v) is 13.9. The number of nitrogens with one attached hydrogen (secondary N) is 1. The monoisotopic (exact) mass is 331 g/mol. The quantitative estimate of drug-likeness (QED) is 0.604. The molecule has 6 heteroatoms. The van der Waals surface area contributed by atoms with Crippen LogP contribution >= 0.6 is 0 Å². The minimum Gasteiger partial charge on any atom is -0.493 e. The maximum atomic E-state index is 13.5. The molecule has 0 spiro atoms. The van der Waals surface area contributed by atoms with Gasteiger partial charge < -0.3 is 20.5 Å². The molecule has 0 aliphatic heterocycles. The van der Waals surface area contributed by atoms with Gasteiger partial charge in [0.2, 0.25) is 0 Å². The highest BCUT2D eigenvalue weighted by Crippen LogP contribution is 2.27. The van der Waals surface area contributed by atoms with Crippen molar-refractivity contribution in [2.45, 2.75) is 13.0 Å². The van der Waals surface area contributed by atoms with E-state index in [9.17, 15) is 4.39 Å². The van der Waals surface area contributed by atoms with Gasteiger partial charge in [0.05, 0.1) is 20.8 Å². The van der Waals surface area contributed by atoms with Crippen LogP contribution in [0.3, 0.4) is 0 Å². The maximum absolute atomic E-state index is 13.5. The van der Waals surface area contributed by atoms with E-state index in [0.29, 0.717) is 29.6 Å². The lowest BCUT2D eigenvalue weighted by atomic mass is 10.1. The molecule has 0 fully saturated rings. The van der Waals surface area contributed by atoms with E-state index in [0.717, 1.165) is 12.0 Å². The molecule has 2 aromatic rings. The Balaban J connectivity index is 1.85. The number of ether oxygens (including phenoxy) is 2. The lowest BCUT2D eigenvalue weighted by Crippen LogP contribution is -2.33. The Kier molecular flexibility index (Phi) is 6.42. The van der Waals surface area contributed by atoms with Crippen molar-refractivity contribution in [2.75, 3.05) is 20.8 Å². The molecule has 0 unspecified atom stereocenters. The van der Waals surface area contributed by atoms with Crippen molar-refractivity contribution in [1.29, 1.82) is 0 Å².